The van der Waals surface area contributed by atoms with E-state index in [2.05, 4.69) is 0 Å². The molecule has 2 aromatic carbocycles. The number of rotatable bonds is 1. The number of ether oxygens (including phenoxy) is 1. The third-order valence-corrected chi connectivity index (χ3v) is 7.38. The number of allylic oxidation sites excluding steroid dienone is 2. The van der Waals surface area contributed by atoms with Gasteiger partial charge >= 0.3 is 0 Å². The molecule has 2 aromatic rings. The predicted molar refractivity (Wildman–Crippen MR) is 102 cm³/mol. The largest absolute Gasteiger partial charge is 0.497 e. The molecule has 0 unspecified atom stereocenters. The second kappa shape index (κ2) is 6.09. The molecule has 0 radical (unpaired) electrons. The van der Waals surface area contributed by atoms with Crippen LogP contribution in [0.25, 0.3) is 0 Å². The van der Waals surface area contributed by atoms with Crippen LogP contribution >= 0.6 is 46.7 Å². The minimum atomic E-state index is -0.211. The molecule has 7 heteroatoms. The number of benzene rings is 2. The highest BCUT2D eigenvalue weighted by Crippen LogP contribution is 2.53. The number of carbonyl (C=O) groups excluding carboxylic acids is 2. The summed E-state index contributed by atoms with van der Waals surface area (Å²) in [5.41, 5.74) is 1.92. The molecule has 0 aromatic heterocycles. The highest BCUT2D eigenvalue weighted by molar-refractivity contribution is 8.08. The molecule has 25 heavy (non-hydrogen) atoms. The molecule has 3 nitrogen and oxygen atoms in total. The van der Waals surface area contributed by atoms with Gasteiger partial charge in [-0.25, -0.2) is 0 Å². The van der Waals surface area contributed by atoms with Crippen molar-refractivity contribution >= 4 is 58.3 Å². The SMILES string of the molecule is COc1cc(Cl)c2c(c1)C(=O)/C(=C1\Sc3c(Cl)cc(C)cc3C1=O)S2. The Morgan fingerprint density at radius 1 is 0.840 bits per heavy atom. The molecule has 2 aliphatic rings. The smallest absolute Gasteiger partial charge is 0.202 e. The van der Waals surface area contributed by atoms with E-state index in [0.717, 1.165) is 5.56 Å². The topological polar surface area (TPSA) is 43.4 Å². The van der Waals surface area contributed by atoms with Crippen molar-refractivity contribution in [1.82, 2.24) is 0 Å². The van der Waals surface area contributed by atoms with E-state index in [1.165, 1.54) is 30.6 Å². The van der Waals surface area contributed by atoms with Crippen molar-refractivity contribution in [2.45, 2.75) is 16.7 Å². The van der Waals surface area contributed by atoms with Crippen molar-refractivity contribution < 1.29 is 14.3 Å². The third-order valence-electron chi connectivity index (χ3n) is 3.96. The maximum Gasteiger partial charge on any atom is 0.202 e. The van der Waals surface area contributed by atoms with Crippen molar-refractivity contribution in [1.29, 1.82) is 0 Å². The molecule has 2 heterocycles. The maximum atomic E-state index is 12.9. The standard InChI is InChI=1S/C18H10Cl2O3S2/c1-7-3-9-13(21)17(24-15(9)11(19)4-7)18-14(22)10-5-8(23-2)6-12(20)16(10)25-18/h3-6H,1-2H3/b18-17+. The van der Waals surface area contributed by atoms with Gasteiger partial charge in [0, 0.05) is 20.9 Å². The quantitative estimate of drug-likeness (QED) is 0.557. The van der Waals surface area contributed by atoms with Gasteiger partial charge in [0.1, 0.15) is 5.75 Å². The van der Waals surface area contributed by atoms with Gasteiger partial charge in [-0.3, -0.25) is 9.59 Å². The predicted octanol–water partition coefficient (Wildman–Crippen LogP) is 5.80. The van der Waals surface area contributed by atoms with E-state index < -0.39 is 0 Å². The van der Waals surface area contributed by atoms with Gasteiger partial charge in [-0.05, 0) is 36.8 Å². The fourth-order valence-electron chi connectivity index (χ4n) is 2.80. The van der Waals surface area contributed by atoms with E-state index in [4.69, 9.17) is 27.9 Å². The zero-order valence-corrected chi connectivity index (χ0v) is 16.3. The molecular formula is C18H10Cl2O3S2. The van der Waals surface area contributed by atoms with Crippen LogP contribution < -0.4 is 4.74 Å². The number of halogens is 2. The van der Waals surface area contributed by atoms with E-state index in [-0.39, 0.29) is 11.6 Å². The highest BCUT2D eigenvalue weighted by Gasteiger charge is 2.38. The van der Waals surface area contributed by atoms with E-state index in [9.17, 15) is 9.59 Å². The molecular weight excluding hydrogens is 399 g/mol. The molecule has 0 saturated heterocycles. The van der Waals surface area contributed by atoms with E-state index >= 15 is 0 Å². The molecule has 0 aliphatic carbocycles. The molecule has 0 atom stereocenters. The first kappa shape index (κ1) is 17.0. The van der Waals surface area contributed by atoms with Crippen molar-refractivity contribution in [2.24, 2.45) is 0 Å². The van der Waals surface area contributed by atoms with E-state index in [1.54, 1.807) is 18.2 Å². The summed E-state index contributed by atoms with van der Waals surface area (Å²) in [4.78, 5) is 27.8. The number of hydrogen-bond acceptors (Lipinski definition) is 5. The summed E-state index contributed by atoms with van der Waals surface area (Å²) in [5.74, 6) is 0.131. The Bertz CT molecular complexity index is 1010. The van der Waals surface area contributed by atoms with Crippen LogP contribution in [0.4, 0.5) is 0 Å². The number of carbonyl (C=O) groups is 2. The van der Waals surface area contributed by atoms with E-state index in [0.29, 0.717) is 46.5 Å². The number of aryl methyl sites for hydroxylation is 1. The molecule has 0 saturated carbocycles. The second-order valence-electron chi connectivity index (χ2n) is 5.63. The van der Waals surface area contributed by atoms with Gasteiger partial charge in [0.25, 0.3) is 0 Å². The average Bonchev–Trinajstić information content (AvgIpc) is 3.07. The van der Waals surface area contributed by atoms with Gasteiger partial charge in [-0.15, -0.1) is 0 Å². The Hall–Kier alpha value is -1.40. The van der Waals surface area contributed by atoms with Gasteiger partial charge in [-0.2, -0.15) is 0 Å². The average molecular weight is 409 g/mol. The monoisotopic (exact) mass is 408 g/mol. The number of Topliss-reactive ketones (excluding diaryl/α,β-unsaturated/α-hetero) is 2. The zero-order valence-electron chi connectivity index (χ0n) is 13.1. The minimum absolute atomic E-state index is 0.169. The lowest BCUT2D eigenvalue weighted by atomic mass is 10.1. The second-order valence-corrected chi connectivity index (χ2v) is 8.49. The summed E-state index contributed by atoms with van der Waals surface area (Å²) in [5, 5.41) is 0.960. The Labute approximate surface area is 162 Å². The van der Waals surface area contributed by atoms with Crippen molar-refractivity contribution in [3.63, 3.8) is 0 Å². The van der Waals surface area contributed by atoms with Crippen LogP contribution in [-0.2, 0) is 0 Å². The van der Waals surface area contributed by atoms with Crippen molar-refractivity contribution in [3.8, 4) is 5.75 Å². The van der Waals surface area contributed by atoms with Crippen LogP contribution in [0.1, 0.15) is 26.3 Å². The highest BCUT2D eigenvalue weighted by atomic mass is 35.5. The molecule has 0 N–H and O–H groups in total. The Morgan fingerprint density at radius 3 is 1.92 bits per heavy atom. The Balaban J connectivity index is 1.84. The Kier molecular flexibility index (Phi) is 4.15. The summed E-state index contributed by atoms with van der Waals surface area (Å²) < 4.78 is 5.18. The third kappa shape index (κ3) is 2.61. The zero-order chi connectivity index (χ0) is 17.9. The number of thioether (sulfide) groups is 2. The molecule has 2 aliphatic heterocycles. The summed E-state index contributed by atoms with van der Waals surface area (Å²) in [6, 6.07) is 6.93. The minimum Gasteiger partial charge on any atom is -0.497 e. The summed E-state index contributed by atoms with van der Waals surface area (Å²) in [6.45, 7) is 1.88. The van der Waals surface area contributed by atoms with Gasteiger partial charge in [0.05, 0.1) is 27.0 Å². The molecule has 0 amide bonds. The van der Waals surface area contributed by atoms with Crippen LogP contribution in [-0.4, -0.2) is 18.7 Å². The maximum absolute atomic E-state index is 12.9. The molecule has 0 spiro atoms. The van der Waals surface area contributed by atoms with Crippen molar-refractivity contribution in [2.75, 3.05) is 7.11 Å². The van der Waals surface area contributed by atoms with Gasteiger partial charge in [-0.1, -0.05) is 46.7 Å². The normalized spacial score (nSPS) is 18.6. The van der Waals surface area contributed by atoms with Gasteiger partial charge in [0.15, 0.2) is 0 Å². The van der Waals surface area contributed by atoms with Crippen LogP contribution in [0.5, 0.6) is 5.75 Å². The van der Waals surface area contributed by atoms with E-state index in [1.807, 2.05) is 13.0 Å². The summed E-state index contributed by atoms with van der Waals surface area (Å²) >= 11 is 15.0. The number of ketones is 2. The van der Waals surface area contributed by atoms with Gasteiger partial charge < -0.3 is 4.74 Å². The molecule has 4 rings (SSSR count). The van der Waals surface area contributed by atoms with Crippen molar-refractivity contribution in [3.05, 3.63) is 60.8 Å². The number of fused-ring (bicyclic) bond motifs is 2. The first-order valence-electron chi connectivity index (χ1n) is 7.27. The first-order chi connectivity index (χ1) is 11.9. The number of methoxy groups -OCH3 is 1. The summed E-state index contributed by atoms with van der Waals surface area (Å²) in [6.07, 6.45) is 0. The lowest BCUT2D eigenvalue weighted by molar-refractivity contribution is 0.101. The van der Waals surface area contributed by atoms with Gasteiger partial charge in [0.2, 0.25) is 11.6 Å². The molecule has 0 bridgehead atoms. The summed E-state index contributed by atoms with van der Waals surface area (Å²) in [7, 11) is 1.52. The number of hydrogen-bond donors (Lipinski definition) is 0. The Morgan fingerprint density at radius 2 is 1.36 bits per heavy atom. The van der Waals surface area contributed by atoms with Crippen LogP contribution in [0, 0.1) is 6.92 Å². The van der Waals surface area contributed by atoms with Crippen LogP contribution in [0.15, 0.2) is 43.9 Å². The molecule has 0 fully saturated rings. The fraction of sp³-hybridized carbons (Fsp3) is 0.111. The van der Waals surface area contributed by atoms with Crippen LogP contribution in [0.2, 0.25) is 10.0 Å². The van der Waals surface area contributed by atoms with Crippen LogP contribution in [0.3, 0.4) is 0 Å². The fourth-order valence-corrected chi connectivity index (χ4v) is 5.79. The lowest BCUT2D eigenvalue weighted by Crippen LogP contribution is -2.02. The lowest BCUT2D eigenvalue weighted by Gasteiger charge is -2.03. The first-order valence-corrected chi connectivity index (χ1v) is 9.66. The molecule has 126 valence electrons.